The van der Waals surface area contributed by atoms with E-state index >= 15 is 0 Å². The predicted octanol–water partition coefficient (Wildman–Crippen LogP) is 2.62. The standard InChI is InChI=1S/C24H27N5O2/c1-27-23(30)14-22(16-26-27)28-12-9-21(10-13-28)24(31)29(17-19-6-3-2-4-7-19)18-20-8-5-11-25-15-20/h2-8,11,14-16,21H,9-10,12-13,17-18H2,1H3. The van der Waals surface area contributed by atoms with E-state index < -0.39 is 0 Å². The second-order valence-corrected chi connectivity index (χ2v) is 7.98. The number of aryl methyl sites for hydroxylation is 1. The number of anilines is 1. The molecule has 1 aliphatic heterocycles. The summed E-state index contributed by atoms with van der Waals surface area (Å²) in [5.74, 6) is 0.144. The number of carbonyl (C=O) groups excluding carboxylic acids is 1. The third kappa shape index (κ3) is 5.17. The number of aromatic nitrogens is 3. The molecule has 2 aromatic heterocycles. The summed E-state index contributed by atoms with van der Waals surface area (Å²) >= 11 is 0. The summed E-state index contributed by atoms with van der Waals surface area (Å²) in [5, 5.41) is 4.11. The summed E-state index contributed by atoms with van der Waals surface area (Å²) in [5.41, 5.74) is 2.84. The van der Waals surface area contributed by atoms with Gasteiger partial charge in [-0.25, -0.2) is 4.68 Å². The summed E-state index contributed by atoms with van der Waals surface area (Å²) in [4.78, 5) is 33.6. The first-order chi connectivity index (χ1) is 15.1. The Balaban J connectivity index is 1.45. The van der Waals surface area contributed by atoms with Gasteiger partial charge in [0.2, 0.25) is 5.91 Å². The molecular formula is C24H27N5O2. The number of carbonyl (C=O) groups is 1. The first-order valence-corrected chi connectivity index (χ1v) is 10.6. The van der Waals surface area contributed by atoms with E-state index in [1.165, 1.54) is 4.68 Å². The van der Waals surface area contributed by atoms with Gasteiger partial charge in [-0.3, -0.25) is 14.6 Å². The largest absolute Gasteiger partial charge is 0.370 e. The molecule has 1 saturated heterocycles. The average molecular weight is 418 g/mol. The normalized spacial score (nSPS) is 14.4. The van der Waals surface area contributed by atoms with Crippen LogP contribution < -0.4 is 10.5 Å². The number of amides is 1. The highest BCUT2D eigenvalue weighted by Gasteiger charge is 2.29. The molecule has 0 aliphatic carbocycles. The minimum Gasteiger partial charge on any atom is -0.370 e. The Labute approximate surface area is 182 Å². The van der Waals surface area contributed by atoms with Crippen molar-refractivity contribution in [1.29, 1.82) is 0 Å². The number of benzene rings is 1. The van der Waals surface area contributed by atoms with Gasteiger partial charge in [-0.2, -0.15) is 5.10 Å². The van der Waals surface area contributed by atoms with Gasteiger partial charge in [0.1, 0.15) is 0 Å². The number of hydrogen-bond donors (Lipinski definition) is 0. The first kappa shape index (κ1) is 20.8. The molecule has 0 atom stereocenters. The van der Waals surface area contributed by atoms with Crippen LogP contribution in [0.15, 0.2) is 71.9 Å². The number of nitrogens with zero attached hydrogens (tertiary/aromatic N) is 5. The van der Waals surface area contributed by atoms with Crippen LogP contribution in [-0.2, 0) is 24.9 Å². The lowest BCUT2D eigenvalue weighted by molar-refractivity contribution is -0.137. The number of hydrogen-bond acceptors (Lipinski definition) is 5. The fourth-order valence-corrected chi connectivity index (χ4v) is 4.00. The molecule has 0 unspecified atom stereocenters. The smallest absolute Gasteiger partial charge is 0.268 e. The third-order valence-corrected chi connectivity index (χ3v) is 5.79. The zero-order valence-electron chi connectivity index (χ0n) is 17.7. The molecule has 3 heterocycles. The second kappa shape index (κ2) is 9.55. The van der Waals surface area contributed by atoms with Crippen LogP contribution in [0.4, 0.5) is 5.69 Å². The first-order valence-electron chi connectivity index (χ1n) is 10.6. The highest BCUT2D eigenvalue weighted by atomic mass is 16.2. The van der Waals surface area contributed by atoms with E-state index in [0.29, 0.717) is 13.1 Å². The molecule has 0 N–H and O–H groups in total. The van der Waals surface area contributed by atoms with E-state index in [1.807, 2.05) is 41.4 Å². The molecule has 1 amide bonds. The van der Waals surface area contributed by atoms with Crippen molar-refractivity contribution < 1.29 is 4.79 Å². The van der Waals surface area contributed by atoms with Gasteiger partial charge in [-0.15, -0.1) is 0 Å². The summed E-state index contributed by atoms with van der Waals surface area (Å²) in [6.07, 6.45) is 6.79. The SMILES string of the molecule is Cn1ncc(N2CCC(C(=O)N(Cc3ccccc3)Cc3cccnc3)CC2)cc1=O. The monoisotopic (exact) mass is 417 g/mol. The lowest BCUT2D eigenvalue weighted by atomic mass is 9.94. The minimum atomic E-state index is -0.124. The quantitative estimate of drug-likeness (QED) is 0.617. The molecule has 1 aromatic carbocycles. The van der Waals surface area contributed by atoms with Crippen molar-refractivity contribution in [2.45, 2.75) is 25.9 Å². The van der Waals surface area contributed by atoms with E-state index in [1.54, 1.807) is 25.5 Å². The molecule has 0 bridgehead atoms. The van der Waals surface area contributed by atoms with Crippen LogP contribution in [0.1, 0.15) is 24.0 Å². The van der Waals surface area contributed by atoms with Crippen molar-refractivity contribution in [3.8, 4) is 0 Å². The average Bonchev–Trinajstić information content (AvgIpc) is 2.81. The highest BCUT2D eigenvalue weighted by molar-refractivity contribution is 5.79. The molecule has 160 valence electrons. The summed E-state index contributed by atoms with van der Waals surface area (Å²) in [7, 11) is 1.64. The van der Waals surface area contributed by atoms with Crippen LogP contribution in [0.2, 0.25) is 0 Å². The lowest BCUT2D eigenvalue weighted by Gasteiger charge is -2.35. The molecule has 31 heavy (non-hydrogen) atoms. The molecular weight excluding hydrogens is 390 g/mol. The maximum absolute atomic E-state index is 13.5. The number of rotatable bonds is 6. The van der Waals surface area contributed by atoms with Gasteiger partial charge < -0.3 is 9.80 Å². The van der Waals surface area contributed by atoms with Gasteiger partial charge in [-0.1, -0.05) is 36.4 Å². The molecule has 7 heteroatoms. The van der Waals surface area contributed by atoms with Gasteiger partial charge >= 0.3 is 0 Å². The fourth-order valence-electron chi connectivity index (χ4n) is 4.00. The third-order valence-electron chi connectivity index (χ3n) is 5.79. The van der Waals surface area contributed by atoms with E-state index in [2.05, 4.69) is 27.1 Å². The van der Waals surface area contributed by atoms with E-state index in [-0.39, 0.29) is 17.4 Å². The Hall–Kier alpha value is -3.48. The summed E-state index contributed by atoms with van der Waals surface area (Å²) in [6, 6.07) is 15.6. The van der Waals surface area contributed by atoms with Crippen molar-refractivity contribution in [3.63, 3.8) is 0 Å². The Bertz CT molecular complexity index is 1020. The maximum Gasteiger partial charge on any atom is 0.268 e. The molecule has 0 radical (unpaired) electrons. The van der Waals surface area contributed by atoms with Gasteiger partial charge in [-0.05, 0) is 30.0 Å². The van der Waals surface area contributed by atoms with Crippen molar-refractivity contribution in [1.82, 2.24) is 19.7 Å². The van der Waals surface area contributed by atoms with Crippen molar-refractivity contribution in [2.24, 2.45) is 13.0 Å². The number of pyridine rings is 1. The zero-order chi connectivity index (χ0) is 21.6. The van der Waals surface area contributed by atoms with Crippen molar-refractivity contribution in [3.05, 3.63) is 88.6 Å². The van der Waals surface area contributed by atoms with Crippen molar-refractivity contribution in [2.75, 3.05) is 18.0 Å². The van der Waals surface area contributed by atoms with Crippen LogP contribution in [0, 0.1) is 5.92 Å². The Morgan fingerprint density at radius 1 is 1.03 bits per heavy atom. The molecule has 3 aromatic rings. The van der Waals surface area contributed by atoms with E-state index in [9.17, 15) is 9.59 Å². The highest BCUT2D eigenvalue weighted by Crippen LogP contribution is 2.25. The van der Waals surface area contributed by atoms with Gasteiger partial charge in [0.05, 0.1) is 11.9 Å². The molecule has 4 rings (SSSR count). The van der Waals surface area contributed by atoms with Crippen LogP contribution in [-0.4, -0.2) is 38.7 Å². The number of piperidine rings is 1. The molecule has 0 saturated carbocycles. The van der Waals surface area contributed by atoms with E-state index in [4.69, 9.17) is 0 Å². The van der Waals surface area contributed by atoms with Crippen LogP contribution in [0.3, 0.4) is 0 Å². The Kier molecular flexibility index (Phi) is 6.40. The van der Waals surface area contributed by atoms with Gasteiger partial charge in [0, 0.05) is 57.6 Å². The van der Waals surface area contributed by atoms with Crippen LogP contribution in [0.5, 0.6) is 0 Å². The molecule has 7 nitrogen and oxygen atoms in total. The van der Waals surface area contributed by atoms with Crippen LogP contribution >= 0.6 is 0 Å². The Morgan fingerprint density at radius 2 is 1.74 bits per heavy atom. The second-order valence-electron chi connectivity index (χ2n) is 7.98. The molecule has 0 spiro atoms. The maximum atomic E-state index is 13.5. The van der Waals surface area contributed by atoms with Gasteiger partial charge in [0.25, 0.3) is 5.56 Å². The fraction of sp³-hybridized carbons (Fsp3) is 0.333. The van der Waals surface area contributed by atoms with Gasteiger partial charge in [0.15, 0.2) is 0 Å². The topological polar surface area (TPSA) is 71.3 Å². The lowest BCUT2D eigenvalue weighted by Crippen LogP contribution is -2.42. The summed E-state index contributed by atoms with van der Waals surface area (Å²) in [6.45, 7) is 2.59. The Morgan fingerprint density at radius 3 is 2.42 bits per heavy atom. The van der Waals surface area contributed by atoms with E-state index in [0.717, 1.165) is 42.7 Å². The summed E-state index contributed by atoms with van der Waals surface area (Å²) < 4.78 is 1.32. The molecule has 1 aliphatic rings. The molecule has 1 fully saturated rings. The minimum absolute atomic E-state index is 0.0314. The van der Waals surface area contributed by atoms with Crippen LogP contribution in [0.25, 0.3) is 0 Å². The van der Waals surface area contributed by atoms with Crippen molar-refractivity contribution >= 4 is 11.6 Å². The zero-order valence-corrected chi connectivity index (χ0v) is 17.7. The predicted molar refractivity (Wildman–Crippen MR) is 119 cm³/mol.